The van der Waals surface area contributed by atoms with Crippen molar-refractivity contribution in [3.63, 3.8) is 0 Å². The van der Waals surface area contributed by atoms with Crippen LogP contribution >= 0.6 is 11.6 Å². The number of pyridine rings is 1. The second kappa shape index (κ2) is 6.56. The van der Waals surface area contributed by atoms with E-state index in [1.54, 1.807) is 0 Å². The summed E-state index contributed by atoms with van der Waals surface area (Å²) in [5.41, 5.74) is 6.21. The molecule has 1 unspecified atom stereocenters. The summed E-state index contributed by atoms with van der Waals surface area (Å²) in [5, 5.41) is 11.9. The molecule has 0 radical (unpaired) electrons. The Morgan fingerprint density at radius 2 is 2.28 bits per heavy atom. The number of hydrogen-bond acceptors (Lipinski definition) is 4. The molecule has 1 heterocycles. The van der Waals surface area contributed by atoms with Crippen LogP contribution in [0.5, 0.6) is 0 Å². The van der Waals surface area contributed by atoms with E-state index in [0.717, 1.165) is 0 Å². The van der Waals surface area contributed by atoms with Crippen LogP contribution in [0.15, 0.2) is 12.3 Å². The Morgan fingerprint density at radius 1 is 1.61 bits per heavy atom. The number of nitrogens with two attached hydrogens (primary N) is 1. The lowest BCUT2D eigenvalue weighted by atomic mass is 10.0. The van der Waals surface area contributed by atoms with Crippen molar-refractivity contribution in [1.82, 2.24) is 10.3 Å². The van der Waals surface area contributed by atoms with Crippen LogP contribution in [-0.4, -0.2) is 28.6 Å². The predicted molar refractivity (Wildman–Crippen MR) is 71.5 cm³/mol. The lowest BCUT2D eigenvalue weighted by Crippen LogP contribution is -2.39. The highest BCUT2D eigenvalue weighted by Gasteiger charge is 2.19. The number of aromatic nitrogens is 1. The van der Waals surface area contributed by atoms with Gasteiger partial charge in [-0.2, -0.15) is 0 Å². The molecule has 1 rings (SSSR count). The van der Waals surface area contributed by atoms with Crippen LogP contribution in [0, 0.1) is 5.92 Å². The highest BCUT2D eigenvalue weighted by Crippen LogP contribution is 2.16. The van der Waals surface area contributed by atoms with Gasteiger partial charge in [-0.1, -0.05) is 25.4 Å². The molecule has 1 atom stereocenters. The smallest absolute Gasteiger partial charge is 0.254 e. The van der Waals surface area contributed by atoms with Crippen molar-refractivity contribution >= 4 is 23.2 Å². The maximum absolute atomic E-state index is 12.0. The molecule has 0 aliphatic heterocycles. The van der Waals surface area contributed by atoms with Crippen LogP contribution in [-0.2, 0) is 0 Å². The number of carbonyl (C=O) groups is 1. The second-order valence-corrected chi connectivity index (χ2v) is 4.80. The van der Waals surface area contributed by atoms with Gasteiger partial charge in [0.15, 0.2) is 0 Å². The van der Waals surface area contributed by atoms with E-state index in [9.17, 15) is 4.79 Å². The number of hydrogen-bond donors (Lipinski definition) is 3. The van der Waals surface area contributed by atoms with Crippen LogP contribution in [0.1, 0.15) is 30.6 Å². The molecule has 0 fully saturated rings. The first kappa shape index (κ1) is 14.7. The van der Waals surface area contributed by atoms with Gasteiger partial charge in [0.1, 0.15) is 5.15 Å². The highest BCUT2D eigenvalue weighted by molar-refractivity contribution is 6.32. The maximum atomic E-state index is 12.0. The first-order valence-corrected chi connectivity index (χ1v) is 6.16. The van der Waals surface area contributed by atoms with Crippen LogP contribution in [0.2, 0.25) is 5.15 Å². The molecule has 1 aromatic rings. The van der Waals surface area contributed by atoms with Crippen LogP contribution < -0.4 is 11.1 Å². The van der Waals surface area contributed by atoms with E-state index in [1.807, 2.05) is 13.8 Å². The number of nitrogens with zero attached hydrogens (tertiary/aromatic N) is 1. The first-order valence-electron chi connectivity index (χ1n) is 5.78. The number of halogens is 1. The highest BCUT2D eigenvalue weighted by atomic mass is 35.5. The van der Waals surface area contributed by atoms with Crippen molar-refractivity contribution in [2.45, 2.75) is 26.3 Å². The number of anilines is 1. The number of rotatable bonds is 5. The minimum absolute atomic E-state index is 0.0199. The summed E-state index contributed by atoms with van der Waals surface area (Å²) in [5.74, 6) is -0.110. The van der Waals surface area contributed by atoms with Gasteiger partial charge in [0.25, 0.3) is 5.91 Å². The normalized spacial score (nSPS) is 12.5. The third kappa shape index (κ3) is 3.85. The lowest BCUT2D eigenvalue weighted by Gasteiger charge is -2.21. The van der Waals surface area contributed by atoms with Crippen molar-refractivity contribution in [1.29, 1.82) is 0 Å². The third-order valence-corrected chi connectivity index (χ3v) is 2.97. The fraction of sp³-hybridized carbons (Fsp3) is 0.500. The van der Waals surface area contributed by atoms with Crippen molar-refractivity contribution < 1.29 is 9.90 Å². The Bertz CT molecular complexity index is 424. The quantitative estimate of drug-likeness (QED) is 0.708. The van der Waals surface area contributed by atoms with Gasteiger partial charge >= 0.3 is 0 Å². The Balaban J connectivity index is 2.83. The molecule has 100 valence electrons. The molecule has 0 spiro atoms. The molecule has 0 saturated carbocycles. The fourth-order valence-corrected chi connectivity index (χ4v) is 1.77. The SMILES string of the molecule is CC(C)C(CCO)NC(=O)c1cc(N)cnc1Cl. The van der Waals surface area contributed by atoms with Crippen molar-refractivity contribution in [2.75, 3.05) is 12.3 Å². The third-order valence-electron chi connectivity index (χ3n) is 2.67. The van der Waals surface area contributed by atoms with Gasteiger partial charge in [0.05, 0.1) is 17.4 Å². The lowest BCUT2D eigenvalue weighted by molar-refractivity contribution is 0.0916. The maximum Gasteiger partial charge on any atom is 0.254 e. The average molecular weight is 272 g/mol. The molecule has 5 nitrogen and oxygen atoms in total. The molecule has 18 heavy (non-hydrogen) atoms. The molecular weight excluding hydrogens is 254 g/mol. The van der Waals surface area contributed by atoms with Gasteiger partial charge in [-0.15, -0.1) is 0 Å². The van der Waals surface area contributed by atoms with Crippen LogP contribution in [0.4, 0.5) is 5.69 Å². The Morgan fingerprint density at radius 3 is 2.83 bits per heavy atom. The summed E-state index contributed by atoms with van der Waals surface area (Å²) in [6, 6.07) is 1.38. The summed E-state index contributed by atoms with van der Waals surface area (Å²) in [4.78, 5) is 15.9. The number of nitrogens with one attached hydrogen (secondary N) is 1. The monoisotopic (exact) mass is 271 g/mol. The van der Waals surface area contributed by atoms with E-state index in [0.29, 0.717) is 12.1 Å². The van der Waals surface area contributed by atoms with Crippen molar-refractivity contribution in [3.05, 3.63) is 23.0 Å². The number of nitrogen functional groups attached to an aromatic ring is 1. The number of amides is 1. The van der Waals surface area contributed by atoms with Gasteiger partial charge in [-0.25, -0.2) is 4.98 Å². The van der Waals surface area contributed by atoms with E-state index in [1.165, 1.54) is 12.3 Å². The topological polar surface area (TPSA) is 88.2 Å². The number of aliphatic hydroxyl groups is 1. The number of carbonyl (C=O) groups excluding carboxylic acids is 1. The van der Waals surface area contributed by atoms with Gasteiger partial charge in [0.2, 0.25) is 0 Å². The Hall–Kier alpha value is -1.33. The Labute approximate surface area is 111 Å². The summed E-state index contributed by atoms with van der Waals surface area (Å²) in [6.07, 6.45) is 1.89. The molecule has 0 aliphatic carbocycles. The van der Waals surface area contributed by atoms with Gasteiger partial charge in [-0.3, -0.25) is 4.79 Å². The van der Waals surface area contributed by atoms with Crippen LogP contribution in [0.25, 0.3) is 0 Å². The van der Waals surface area contributed by atoms with Gasteiger partial charge in [-0.05, 0) is 18.4 Å². The molecule has 6 heteroatoms. The summed E-state index contributed by atoms with van der Waals surface area (Å²) in [6.45, 7) is 3.96. The zero-order chi connectivity index (χ0) is 13.7. The largest absolute Gasteiger partial charge is 0.397 e. The molecule has 1 amide bonds. The summed E-state index contributed by atoms with van der Waals surface area (Å²) < 4.78 is 0. The van der Waals surface area contributed by atoms with E-state index < -0.39 is 0 Å². The predicted octanol–water partition coefficient (Wildman–Crippen LogP) is 1.45. The van der Waals surface area contributed by atoms with E-state index in [2.05, 4.69) is 10.3 Å². The molecule has 0 bridgehead atoms. The van der Waals surface area contributed by atoms with Crippen LogP contribution in [0.3, 0.4) is 0 Å². The summed E-state index contributed by atoms with van der Waals surface area (Å²) >= 11 is 5.85. The van der Waals surface area contributed by atoms with Crippen molar-refractivity contribution in [2.24, 2.45) is 5.92 Å². The van der Waals surface area contributed by atoms with Gasteiger partial charge < -0.3 is 16.2 Å². The second-order valence-electron chi connectivity index (χ2n) is 4.44. The standard InChI is InChI=1S/C12H18ClN3O2/c1-7(2)10(3-4-17)16-12(18)9-5-8(14)6-15-11(9)13/h5-7,10,17H,3-4,14H2,1-2H3,(H,16,18). The van der Waals surface area contributed by atoms with Crippen molar-refractivity contribution in [3.8, 4) is 0 Å². The molecule has 0 aromatic carbocycles. The number of aliphatic hydroxyl groups excluding tert-OH is 1. The molecular formula is C12H18ClN3O2. The van der Waals surface area contributed by atoms with E-state index >= 15 is 0 Å². The fourth-order valence-electron chi connectivity index (χ4n) is 1.58. The van der Waals surface area contributed by atoms with E-state index in [4.69, 9.17) is 22.4 Å². The zero-order valence-electron chi connectivity index (χ0n) is 10.5. The van der Waals surface area contributed by atoms with E-state index in [-0.39, 0.29) is 35.2 Å². The minimum Gasteiger partial charge on any atom is -0.397 e. The minimum atomic E-state index is -0.327. The average Bonchev–Trinajstić information content (AvgIpc) is 2.31. The molecule has 0 aliphatic rings. The zero-order valence-corrected chi connectivity index (χ0v) is 11.2. The first-order chi connectivity index (χ1) is 8.45. The molecule has 0 saturated heterocycles. The molecule has 4 N–H and O–H groups in total. The Kier molecular flexibility index (Phi) is 5.37. The summed E-state index contributed by atoms with van der Waals surface area (Å²) in [7, 11) is 0. The van der Waals surface area contributed by atoms with Gasteiger partial charge in [0, 0.05) is 12.6 Å². The molecule has 1 aromatic heterocycles.